The lowest BCUT2D eigenvalue weighted by Crippen LogP contribution is -2.41. The predicted octanol–water partition coefficient (Wildman–Crippen LogP) is 3.21. The van der Waals surface area contributed by atoms with Crippen LogP contribution in [0.15, 0.2) is 35.4 Å². The summed E-state index contributed by atoms with van der Waals surface area (Å²) in [6.07, 6.45) is 4.29. The second-order valence-corrected chi connectivity index (χ2v) is 5.83. The Hall–Kier alpha value is -2.10. The number of imide groups is 1. The Labute approximate surface area is 130 Å². The molecule has 1 heterocycles. The third kappa shape index (κ3) is 2.91. The summed E-state index contributed by atoms with van der Waals surface area (Å²) in [4.78, 5) is 26.2. The Kier molecular flexibility index (Phi) is 4.27. The standard InChI is InChI=1S/C18H21NO3/c1-2-22-15-9-7-13(8-10-15)12-19-17(20)11-14-5-3-4-6-16(14)18(19)21/h7-10H,2-6,11-12H2,1H3. The van der Waals surface area contributed by atoms with Crippen molar-refractivity contribution in [3.05, 3.63) is 41.0 Å². The topological polar surface area (TPSA) is 46.6 Å². The van der Waals surface area contributed by atoms with E-state index < -0.39 is 0 Å². The van der Waals surface area contributed by atoms with Crippen LogP contribution < -0.4 is 4.74 Å². The molecule has 3 rings (SSSR count). The SMILES string of the molecule is CCOc1ccc(CN2C(=O)CC3=C(CCCC3)C2=O)cc1. The molecule has 0 unspecified atom stereocenters. The van der Waals surface area contributed by atoms with Crippen LogP contribution in [0.2, 0.25) is 0 Å². The van der Waals surface area contributed by atoms with Crippen molar-refractivity contribution in [2.24, 2.45) is 0 Å². The molecular formula is C18H21NO3. The second-order valence-electron chi connectivity index (χ2n) is 5.83. The number of benzene rings is 1. The average Bonchev–Trinajstić information content (AvgIpc) is 2.53. The molecule has 1 aliphatic heterocycles. The Morgan fingerprint density at radius 2 is 1.82 bits per heavy atom. The fourth-order valence-corrected chi connectivity index (χ4v) is 3.18. The van der Waals surface area contributed by atoms with E-state index >= 15 is 0 Å². The van der Waals surface area contributed by atoms with E-state index in [9.17, 15) is 9.59 Å². The van der Waals surface area contributed by atoms with Gasteiger partial charge in [-0.15, -0.1) is 0 Å². The maximum atomic E-state index is 12.6. The van der Waals surface area contributed by atoms with Crippen molar-refractivity contribution in [1.82, 2.24) is 4.90 Å². The molecule has 0 atom stereocenters. The Morgan fingerprint density at radius 1 is 1.09 bits per heavy atom. The fourth-order valence-electron chi connectivity index (χ4n) is 3.18. The van der Waals surface area contributed by atoms with Gasteiger partial charge in [0.15, 0.2) is 0 Å². The van der Waals surface area contributed by atoms with Gasteiger partial charge < -0.3 is 4.74 Å². The number of rotatable bonds is 4. The van der Waals surface area contributed by atoms with Crippen molar-refractivity contribution >= 4 is 11.8 Å². The number of hydrogen-bond acceptors (Lipinski definition) is 3. The van der Waals surface area contributed by atoms with Crippen molar-refractivity contribution in [3.8, 4) is 5.75 Å². The molecular weight excluding hydrogens is 278 g/mol. The number of hydrogen-bond donors (Lipinski definition) is 0. The van der Waals surface area contributed by atoms with Crippen molar-refractivity contribution in [3.63, 3.8) is 0 Å². The Balaban J connectivity index is 1.75. The first-order valence-electron chi connectivity index (χ1n) is 7.96. The highest BCUT2D eigenvalue weighted by molar-refractivity contribution is 6.08. The first-order chi connectivity index (χ1) is 10.7. The van der Waals surface area contributed by atoms with Crippen LogP contribution >= 0.6 is 0 Å². The number of amides is 2. The smallest absolute Gasteiger partial charge is 0.256 e. The quantitative estimate of drug-likeness (QED) is 0.802. The summed E-state index contributed by atoms with van der Waals surface area (Å²) >= 11 is 0. The lowest BCUT2D eigenvalue weighted by atomic mass is 9.86. The lowest BCUT2D eigenvalue weighted by molar-refractivity contribution is -0.144. The summed E-state index contributed by atoms with van der Waals surface area (Å²) in [5.74, 6) is 0.652. The van der Waals surface area contributed by atoms with Crippen LogP contribution in [0.4, 0.5) is 0 Å². The first-order valence-corrected chi connectivity index (χ1v) is 7.96. The molecule has 0 N–H and O–H groups in total. The van der Waals surface area contributed by atoms with Crippen molar-refractivity contribution in [2.45, 2.75) is 45.6 Å². The van der Waals surface area contributed by atoms with E-state index in [1.54, 1.807) is 0 Å². The molecule has 1 aliphatic carbocycles. The van der Waals surface area contributed by atoms with Crippen molar-refractivity contribution in [1.29, 1.82) is 0 Å². The van der Waals surface area contributed by atoms with Gasteiger partial charge in [0.2, 0.25) is 5.91 Å². The summed E-state index contributed by atoms with van der Waals surface area (Å²) in [6.45, 7) is 2.91. The van der Waals surface area contributed by atoms with Crippen LogP contribution in [0.25, 0.3) is 0 Å². The average molecular weight is 299 g/mol. The predicted molar refractivity (Wildman–Crippen MR) is 83.3 cm³/mol. The molecule has 1 aromatic rings. The van der Waals surface area contributed by atoms with Gasteiger partial charge in [-0.1, -0.05) is 17.7 Å². The van der Waals surface area contributed by atoms with Crippen LogP contribution in [0.5, 0.6) is 5.75 Å². The molecule has 22 heavy (non-hydrogen) atoms. The van der Waals surface area contributed by atoms with E-state index in [0.29, 0.717) is 19.6 Å². The zero-order valence-electron chi connectivity index (χ0n) is 12.9. The molecule has 2 amide bonds. The molecule has 1 aromatic carbocycles. The van der Waals surface area contributed by atoms with Gasteiger partial charge in [-0.2, -0.15) is 0 Å². The molecule has 0 saturated heterocycles. The number of carbonyl (C=O) groups excluding carboxylic acids is 2. The molecule has 0 spiro atoms. The van der Waals surface area contributed by atoms with Crippen LogP contribution in [0.3, 0.4) is 0 Å². The van der Waals surface area contributed by atoms with Gasteiger partial charge in [0.25, 0.3) is 5.91 Å². The molecule has 2 aliphatic rings. The van der Waals surface area contributed by atoms with Gasteiger partial charge in [-0.3, -0.25) is 14.5 Å². The summed E-state index contributed by atoms with van der Waals surface area (Å²) in [7, 11) is 0. The fraction of sp³-hybridized carbons (Fsp3) is 0.444. The molecule has 0 bridgehead atoms. The minimum Gasteiger partial charge on any atom is -0.494 e. The van der Waals surface area contributed by atoms with Gasteiger partial charge in [-0.05, 0) is 50.3 Å². The minimum absolute atomic E-state index is 0.0699. The maximum Gasteiger partial charge on any atom is 0.256 e. The highest BCUT2D eigenvalue weighted by Gasteiger charge is 2.33. The largest absolute Gasteiger partial charge is 0.494 e. The monoisotopic (exact) mass is 299 g/mol. The number of nitrogens with zero attached hydrogens (tertiary/aromatic N) is 1. The Morgan fingerprint density at radius 3 is 2.55 bits per heavy atom. The molecule has 116 valence electrons. The molecule has 4 heteroatoms. The normalized spacial score (nSPS) is 18.5. The maximum absolute atomic E-state index is 12.6. The van der Waals surface area contributed by atoms with Crippen LogP contribution in [0, 0.1) is 0 Å². The molecule has 0 radical (unpaired) electrons. The number of carbonyl (C=O) groups is 2. The third-order valence-electron chi connectivity index (χ3n) is 4.33. The van der Waals surface area contributed by atoms with E-state index in [4.69, 9.17) is 4.74 Å². The molecule has 0 aromatic heterocycles. The third-order valence-corrected chi connectivity index (χ3v) is 4.33. The van der Waals surface area contributed by atoms with Gasteiger partial charge in [0.1, 0.15) is 5.75 Å². The zero-order chi connectivity index (χ0) is 15.5. The van der Waals surface area contributed by atoms with E-state index in [-0.39, 0.29) is 11.8 Å². The van der Waals surface area contributed by atoms with E-state index in [2.05, 4.69) is 0 Å². The molecule has 4 nitrogen and oxygen atoms in total. The van der Waals surface area contributed by atoms with Gasteiger partial charge in [-0.25, -0.2) is 0 Å². The molecule has 0 saturated carbocycles. The van der Waals surface area contributed by atoms with Crippen LogP contribution in [0.1, 0.15) is 44.6 Å². The van der Waals surface area contributed by atoms with Gasteiger partial charge in [0.05, 0.1) is 13.2 Å². The summed E-state index contributed by atoms with van der Waals surface area (Å²) < 4.78 is 5.41. The summed E-state index contributed by atoms with van der Waals surface area (Å²) in [6, 6.07) is 7.58. The second kappa shape index (κ2) is 6.34. The van der Waals surface area contributed by atoms with Gasteiger partial charge >= 0.3 is 0 Å². The minimum atomic E-state index is -0.0835. The van der Waals surface area contributed by atoms with Crippen LogP contribution in [-0.4, -0.2) is 23.3 Å². The molecule has 0 fully saturated rings. The lowest BCUT2D eigenvalue weighted by Gasteiger charge is -2.31. The van der Waals surface area contributed by atoms with E-state index in [1.165, 1.54) is 4.90 Å². The van der Waals surface area contributed by atoms with Crippen molar-refractivity contribution in [2.75, 3.05) is 6.61 Å². The van der Waals surface area contributed by atoms with Crippen LogP contribution in [-0.2, 0) is 16.1 Å². The van der Waals surface area contributed by atoms with Gasteiger partial charge in [0, 0.05) is 12.0 Å². The highest BCUT2D eigenvalue weighted by atomic mass is 16.5. The Bertz CT molecular complexity index is 616. The zero-order valence-corrected chi connectivity index (χ0v) is 12.9. The van der Waals surface area contributed by atoms with E-state index in [1.807, 2.05) is 31.2 Å². The first kappa shape index (κ1) is 14.8. The highest BCUT2D eigenvalue weighted by Crippen LogP contribution is 2.33. The summed E-state index contributed by atoms with van der Waals surface area (Å²) in [5, 5.41) is 0. The summed E-state index contributed by atoms with van der Waals surface area (Å²) in [5.41, 5.74) is 2.91. The number of ether oxygens (including phenoxy) is 1. The van der Waals surface area contributed by atoms with Crippen molar-refractivity contribution < 1.29 is 14.3 Å². The van der Waals surface area contributed by atoms with E-state index in [0.717, 1.165) is 48.1 Å².